The molecule has 1 aromatic heterocycles. The molecule has 0 bridgehead atoms. The van der Waals surface area contributed by atoms with Gasteiger partial charge in [-0.2, -0.15) is 4.98 Å². The highest BCUT2D eigenvalue weighted by atomic mass is 35.5. The van der Waals surface area contributed by atoms with E-state index in [1.165, 1.54) is 6.26 Å². The van der Waals surface area contributed by atoms with Crippen molar-refractivity contribution in [1.29, 1.82) is 0 Å². The van der Waals surface area contributed by atoms with E-state index in [2.05, 4.69) is 15.5 Å². The number of rotatable bonds is 6. The summed E-state index contributed by atoms with van der Waals surface area (Å²) in [5.74, 6) is 1.03. The number of likely N-dealkylation sites (N-methyl/N-ethyl adjacent to an activating group) is 1. The molecule has 2 rings (SSSR count). The van der Waals surface area contributed by atoms with E-state index < -0.39 is 9.84 Å². The van der Waals surface area contributed by atoms with E-state index in [0.717, 1.165) is 5.56 Å². The van der Waals surface area contributed by atoms with Crippen LogP contribution in [0.4, 0.5) is 0 Å². The molecular weight excluding hydrogens is 326 g/mol. The fraction of sp³-hybridized carbons (Fsp3) is 0.429. The topological polar surface area (TPSA) is 85.1 Å². The molecule has 0 saturated carbocycles. The van der Waals surface area contributed by atoms with Crippen LogP contribution >= 0.6 is 12.4 Å². The van der Waals surface area contributed by atoms with E-state index in [1.807, 2.05) is 20.0 Å². The van der Waals surface area contributed by atoms with Crippen molar-refractivity contribution in [1.82, 2.24) is 15.5 Å². The molecule has 122 valence electrons. The first-order chi connectivity index (χ1) is 9.87. The van der Waals surface area contributed by atoms with Crippen molar-refractivity contribution in [3.05, 3.63) is 35.7 Å². The monoisotopic (exact) mass is 345 g/mol. The zero-order chi connectivity index (χ0) is 15.5. The van der Waals surface area contributed by atoms with Gasteiger partial charge < -0.3 is 9.84 Å². The number of aromatic nitrogens is 2. The molecule has 1 aromatic carbocycles. The Labute approximate surface area is 136 Å². The lowest BCUT2D eigenvalue weighted by Gasteiger charge is -2.04. The number of sulfone groups is 1. The molecule has 0 fully saturated rings. The average Bonchev–Trinajstić information content (AvgIpc) is 2.85. The van der Waals surface area contributed by atoms with Crippen molar-refractivity contribution in [3.8, 4) is 11.5 Å². The number of hydrogen-bond acceptors (Lipinski definition) is 6. The lowest BCUT2D eigenvalue weighted by Crippen LogP contribution is -2.24. The summed E-state index contributed by atoms with van der Waals surface area (Å²) in [6.07, 6.45) is 1.88. The number of halogens is 1. The van der Waals surface area contributed by atoms with Crippen LogP contribution in [-0.4, -0.2) is 37.9 Å². The molecule has 0 aliphatic heterocycles. The zero-order valence-electron chi connectivity index (χ0n) is 12.7. The lowest BCUT2D eigenvalue weighted by molar-refractivity contribution is 0.418. The third-order valence-corrected chi connectivity index (χ3v) is 3.91. The Kier molecular flexibility index (Phi) is 6.52. The standard InChI is InChI=1S/C14H19N3O3S.ClH/c1-10(15-2)7-13-16-14(20-17-13)12-6-4-5-11(8-12)9-21(3,18)19;/h4-6,8,10,15H,7,9H2,1-3H3;1H. The minimum absolute atomic E-state index is 0. The molecular formula is C14H20ClN3O3S. The highest BCUT2D eigenvalue weighted by Gasteiger charge is 2.12. The van der Waals surface area contributed by atoms with Gasteiger partial charge in [0.2, 0.25) is 0 Å². The van der Waals surface area contributed by atoms with Gasteiger partial charge in [-0.25, -0.2) is 8.42 Å². The number of hydrogen-bond donors (Lipinski definition) is 1. The maximum absolute atomic E-state index is 11.3. The molecule has 0 saturated heterocycles. The maximum Gasteiger partial charge on any atom is 0.257 e. The number of benzene rings is 1. The molecule has 0 radical (unpaired) electrons. The Morgan fingerprint density at radius 1 is 1.36 bits per heavy atom. The molecule has 1 N–H and O–H groups in total. The fourth-order valence-corrected chi connectivity index (χ4v) is 2.71. The van der Waals surface area contributed by atoms with Gasteiger partial charge in [0.15, 0.2) is 15.7 Å². The van der Waals surface area contributed by atoms with E-state index in [-0.39, 0.29) is 24.2 Å². The molecule has 22 heavy (non-hydrogen) atoms. The number of nitrogens with one attached hydrogen (secondary N) is 1. The van der Waals surface area contributed by atoms with Gasteiger partial charge in [-0.3, -0.25) is 0 Å². The molecule has 1 heterocycles. The van der Waals surface area contributed by atoms with Gasteiger partial charge in [0.1, 0.15) is 0 Å². The predicted octanol–water partition coefficient (Wildman–Crippen LogP) is 1.85. The van der Waals surface area contributed by atoms with Crippen LogP contribution in [0.15, 0.2) is 28.8 Å². The van der Waals surface area contributed by atoms with E-state index in [9.17, 15) is 8.42 Å². The highest BCUT2D eigenvalue weighted by molar-refractivity contribution is 7.89. The molecule has 6 nitrogen and oxygen atoms in total. The Bertz CT molecular complexity index is 716. The SMILES string of the molecule is CNC(C)Cc1noc(-c2cccc(CS(C)(=O)=O)c2)n1.Cl. The van der Waals surface area contributed by atoms with Crippen molar-refractivity contribution in [3.63, 3.8) is 0 Å². The molecule has 0 aliphatic rings. The van der Waals surface area contributed by atoms with E-state index >= 15 is 0 Å². The van der Waals surface area contributed by atoms with E-state index in [4.69, 9.17) is 4.52 Å². The van der Waals surface area contributed by atoms with Crippen LogP contribution in [0.3, 0.4) is 0 Å². The van der Waals surface area contributed by atoms with Crippen LogP contribution in [0, 0.1) is 0 Å². The van der Waals surface area contributed by atoms with Crippen LogP contribution in [0.25, 0.3) is 11.5 Å². The summed E-state index contributed by atoms with van der Waals surface area (Å²) in [6.45, 7) is 2.03. The van der Waals surface area contributed by atoms with Crippen molar-refractivity contribution >= 4 is 22.2 Å². The van der Waals surface area contributed by atoms with Gasteiger partial charge in [-0.05, 0) is 31.7 Å². The quantitative estimate of drug-likeness (QED) is 0.860. The predicted molar refractivity (Wildman–Crippen MR) is 87.8 cm³/mol. The molecule has 0 aliphatic carbocycles. The van der Waals surface area contributed by atoms with E-state index in [0.29, 0.717) is 23.7 Å². The molecule has 1 atom stereocenters. The summed E-state index contributed by atoms with van der Waals surface area (Å²) >= 11 is 0. The van der Waals surface area contributed by atoms with Crippen molar-refractivity contribution in [2.24, 2.45) is 0 Å². The maximum atomic E-state index is 11.3. The van der Waals surface area contributed by atoms with Gasteiger partial charge in [-0.15, -0.1) is 12.4 Å². The minimum Gasteiger partial charge on any atom is -0.334 e. The average molecular weight is 346 g/mol. The Hall–Kier alpha value is -1.44. The largest absolute Gasteiger partial charge is 0.334 e. The van der Waals surface area contributed by atoms with E-state index in [1.54, 1.807) is 18.2 Å². The Balaban J connectivity index is 0.00000242. The second-order valence-electron chi connectivity index (χ2n) is 5.18. The molecule has 8 heteroatoms. The fourth-order valence-electron chi connectivity index (χ4n) is 1.93. The summed E-state index contributed by atoms with van der Waals surface area (Å²) in [5, 5.41) is 7.05. The molecule has 0 amide bonds. The van der Waals surface area contributed by atoms with Crippen LogP contribution in [-0.2, 0) is 22.0 Å². The summed E-state index contributed by atoms with van der Waals surface area (Å²) in [4.78, 5) is 4.34. The first kappa shape index (κ1) is 18.6. The van der Waals surface area contributed by atoms with Crippen LogP contribution in [0.5, 0.6) is 0 Å². The first-order valence-corrected chi connectivity index (χ1v) is 8.70. The summed E-state index contributed by atoms with van der Waals surface area (Å²) in [7, 11) is -1.19. The van der Waals surface area contributed by atoms with Crippen LogP contribution < -0.4 is 5.32 Å². The first-order valence-electron chi connectivity index (χ1n) is 6.64. The summed E-state index contributed by atoms with van der Waals surface area (Å²) < 4.78 is 27.9. The Morgan fingerprint density at radius 2 is 2.09 bits per heavy atom. The van der Waals surface area contributed by atoms with Crippen molar-refractivity contribution < 1.29 is 12.9 Å². The zero-order valence-corrected chi connectivity index (χ0v) is 14.4. The second kappa shape index (κ2) is 7.71. The van der Waals surface area contributed by atoms with Crippen molar-refractivity contribution in [2.75, 3.05) is 13.3 Å². The lowest BCUT2D eigenvalue weighted by atomic mass is 10.1. The molecule has 2 aromatic rings. The summed E-state index contributed by atoms with van der Waals surface area (Å²) in [6, 6.07) is 7.40. The van der Waals surface area contributed by atoms with Gasteiger partial charge in [0.25, 0.3) is 5.89 Å². The van der Waals surface area contributed by atoms with Crippen molar-refractivity contribution in [2.45, 2.75) is 25.1 Å². The van der Waals surface area contributed by atoms with Gasteiger partial charge in [0, 0.05) is 24.3 Å². The summed E-state index contributed by atoms with van der Waals surface area (Å²) in [5.41, 5.74) is 1.44. The Morgan fingerprint density at radius 3 is 2.73 bits per heavy atom. The normalized spacial score (nSPS) is 12.7. The highest BCUT2D eigenvalue weighted by Crippen LogP contribution is 2.20. The van der Waals surface area contributed by atoms with Crippen LogP contribution in [0.2, 0.25) is 0 Å². The van der Waals surface area contributed by atoms with Gasteiger partial charge in [0.05, 0.1) is 5.75 Å². The second-order valence-corrected chi connectivity index (χ2v) is 7.32. The molecule has 1 unspecified atom stereocenters. The smallest absolute Gasteiger partial charge is 0.257 e. The third-order valence-electron chi connectivity index (χ3n) is 3.05. The van der Waals surface area contributed by atoms with Crippen LogP contribution in [0.1, 0.15) is 18.3 Å². The molecule has 0 spiro atoms. The minimum atomic E-state index is -3.07. The van der Waals surface area contributed by atoms with Gasteiger partial charge >= 0.3 is 0 Å². The van der Waals surface area contributed by atoms with Gasteiger partial charge in [-0.1, -0.05) is 17.3 Å². The third kappa shape index (κ3) is 5.40. The number of nitrogens with zero attached hydrogens (tertiary/aromatic N) is 2.